The minimum absolute atomic E-state index is 0.130. The van der Waals surface area contributed by atoms with Gasteiger partial charge in [-0.25, -0.2) is 0 Å². The largest absolute Gasteiger partial charge is 0.468 e. The van der Waals surface area contributed by atoms with Crippen molar-refractivity contribution in [2.45, 2.75) is 38.3 Å². The minimum Gasteiger partial charge on any atom is -0.468 e. The number of nitrogens with zero attached hydrogens (tertiary/aromatic N) is 2. The highest BCUT2D eigenvalue weighted by molar-refractivity contribution is 5.79. The molecular formula is C20H30N4O3. The minimum atomic E-state index is -0.716. The second kappa shape index (κ2) is 10.2. The summed E-state index contributed by atoms with van der Waals surface area (Å²) in [5.41, 5.74) is 0. The van der Waals surface area contributed by atoms with Gasteiger partial charge in [0.15, 0.2) is 5.96 Å². The smallest absolute Gasteiger partial charge is 0.191 e. The van der Waals surface area contributed by atoms with E-state index >= 15 is 0 Å². The first kappa shape index (κ1) is 19.5. The summed E-state index contributed by atoms with van der Waals surface area (Å²) in [6.07, 6.45) is 6.29. The number of likely N-dealkylation sites (tertiary alicyclic amines) is 1. The van der Waals surface area contributed by atoms with Crippen LogP contribution in [0.2, 0.25) is 0 Å². The molecule has 3 heterocycles. The highest BCUT2D eigenvalue weighted by Crippen LogP contribution is 2.25. The van der Waals surface area contributed by atoms with Crippen molar-refractivity contribution in [3.05, 3.63) is 48.3 Å². The number of aliphatic hydroxyl groups excluding tert-OH is 1. The Morgan fingerprint density at radius 2 is 1.81 bits per heavy atom. The molecule has 0 aromatic carbocycles. The Labute approximate surface area is 160 Å². The van der Waals surface area contributed by atoms with Gasteiger partial charge in [-0.1, -0.05) is 6.42 Å². The van der Waals surface area contributed by atoms with Crippen LogP contribution in [0.15, 0.2) is 50.6 Å². The van der Waals surface area contributed by atoms with Crippen molar-refractivity contribution in [2.75, 3.05) is 32.7 Å². The molecule has 27 heavy (non-hydrogen) atoms. The molecule has 7 heteroatoms. The topological polar surface area (TPSA) is 86.2 Å². The van der Waals surface area contributed by atoms with Crippen LogP contribution in [-0.4, -0.2) is 48.7 Å². The molecule has 1 fully saturated rings. The SMILES string of the molecule is CCNC(=NCC(c1ccco1)N1CCCCC1)NCC(O)c1ccco1. The zero-order valence-electron chi connectivity index (χ0n) is 15.9. The molecule has 7 nitrogen and oxygen atoms in total. The average molecular weight is 374 g/mol. The predicted molar refractivity (Wildman–Crippen MR) is 105 cm³/mol. The van der Waals surface area contributed by atoms with Gasteiger partial charge < -0.3 is 24.6 Å². The number of hydrogen-bond acceptors (Lipinski definition) is 5. The highest BCUT2D eigenvalue weighted by atomic mass is 16.4. The molecule has 3 N–H and O–H groups in total. The molecule has 2 atom stereocenters. The Kier molecular flexibility index (Phi) is 7.36. The standard InChI is InChI=1S/C20H30N4O3/c1-2-21-20(23-15-17(25)19-9-7-13-27-19)22-14-16(18-8-6-12-26-18)24-10-4-3-5-11-24/h6-9,12-13,16-17,25H,2-5,10-11,14-15H2,1H3,(H2,21,22,23). The van der Waals surface area contributed by atoms with E-state index in [4.69, 9.17) is 13.8 Å². The normalized spacial score (nSPS) is 18.2. The maximum Gasteiger partial charge on any atom is 0.191 e. The number of hydrogen-bond donors (Lipinski definition) is 3. The summed E-state index contributed by atoms with van der Waals surface area (Å²) in [6.45, 7) is 5.84. The van der Waals surface area contributed by atoms with Gasteiger partial charge in [-0.2, -0.15) is 0 Å². The Morgan fingerprint density at radius 3 is 2.44 bits per heavy atom. The molecule has 0 saturated carbocycles. The van der Waals surface area contributed by atoms with Crippen LogP contribution in [0.4, 0.5) is 0 Å². The lowest BCUT2D eigenvalue weighted by atomic mass is 10.1. The fraction of sp³-hybridized carbons (Fsp3) is 0.550. The van der Waals surface area contributed by atoms with Gasteiger partial charge in [-0.15, -0.1) is 0 Å². The number of piperidine rings is 1. The van der Waals surface area contributed by atoms with Crippen molar-refractivity contribution in [3.63, 3.8) is 0 Å². The number of aliphatic hydroxyl groups is 1. The number of aliphatic imine (C=N–C) groups is 1. The van der Waals surface area contributed by atoms with Crippen LogP contribution in [0, 0.1) is 0 Å². The Bertz CT molecular complexity index is 663. The van der Waals surface area contributed by atoms with Crippen molar-refractivity contribution in [1.82, 2.24) is 15.5 Å². The van der Waals surface area contributed by atoms with E-state index in [1.807, 2.05) is 19.1 Å². The zero-order valence-corrected chi connectivity index (χ0v) is 15.9. The van der Waals surface area contributed by atoms with E-state index in [9.17, 15) is 5.11 Å². The summed E-state index contributed by atoms with van der Waals surface area (Å²) in [4.78, 5) is 7.20. The molecule has 0 bridgehead atoms. The molecule has 2 unspecified atom stereocenters. The number of guanidine groups is 1. The molecule has 1 aliphatic rings. The molecule has 148 valence electrons. The maximum atomic E-state index is 10.2. The number of furan rings is 2. The van der Waals surface area contributed by atoms with E-state index in [1.165, 1.54) is 19.3 Å². The van der Waals surface area contributed by atoms with Crippen LogP contribution in [-0.2, 0) is 0 Å². The van der Waals surface area contributed by atoms with E-state index in [-0.39, 0.29) is 6.04 Å². The summed E-state index contributed by atoms with van der Waals surface area (Å²) < 4.78 is 10.9. The van der Waals surface area contributed by atoms with E-state index < -0.39 is 6.10 Å². The van der Waals surface area contributed by atoms with Crippen LogP contribution < -0.4 is 10.6 Å². The van der Waals surface area contributed by atoms with Gasteiger partial charge in [0.1, 0.15) is 17.6 Å². The molecular weight excluding hydrogens is 344 g/mol. The quantitative estimate of drug-likeness (QED) is 0.487. The van der Waals surface area contributed by atoms with Crippen LogP contribution in [0.3, 0.4) is 0 Å². The van der Waals surface area contributed by atoms with Crippen molar-refractivity contribution < 1.29 is 13.9 Å². The predicted octanol–water partition coefficient (Wildman–Crippen LogP) is 2.69. The number of nitrogens with one attached hydrogen (secondary N) is 2. The summed E-state index contributed by atoms with van der Waals surface area (Å²) >= 11 is 0. The molecule has 2 aromatic rings. The first-order chi connectivity index (χ1) is 13.3. The second-order valence-corrected chi connectivity index (χ2v) is 6.76. The van der Waals surface area contributed by atoms with Gasteiger partial charge in [-0.3, -0.25) is 9.89 Å². The fourth-order valence-electron chi connectivity index (χ4n) is 3.39. The molecule has 0 spiro atoms. The second-order valence-electron chi connectivity index (χ2n) is 6.76. The lowest BCUT2D eigenvalue weighted by Gasteiger charge is -2.32. The van der Waals surface area contributed by atoms with Gasteiger partial charge >= 0.3 is 0 Å². The molecule has 0 aliphatic carbocycles. The molecule has 1 saturated heterocycles. The lowest BCUT2D eigenvalue weighted by molar-refractivity contribution is 0.149. The third kappa shape index (κ3) is 5.61. The summed E-state index contributed by atoms with van der Waals surface area (Å²) in [5, 5.41) is 16.6. The van der Waals surface area contributed by atoms with E-state index in [0.29, 0.717) is 24.8 Å². The van der Waals surface area contributed by atoms with Crippen LogP contribution >= 0.6 is 0 Å². The Balaban J connectivity index is 1.63. The number of rotatable bonds is 8. The monoisotopic (exact) mass is 374 g/mol. The highest BCUT2D eigenvalue weighted by Gasteiger charge is 2.24. The molecule has 0 amide bonds. The molecule has 1 aliphatic heterocycles. The first-order valence-electron chi connectivity index (χ1n) is 9.79. The zero-order chi connectivity index (χ0) is 18.9. The molecule has 2 aromatic heterocycles. The average Bonchev–Trinajstić information content (AvgIpc) is 3.41. The fourth-order valence-corrected chi connectivity index (χ4v) is 3.39. The van der Waals surface area contributed by atoms with E-state index in [0.717, 1.165) is 25.4 Å². The van der Waals surface area contributed by atoms with Crippen LogP contribution in [0.25, 0.3) is 0 Å². The Hall–Kier alpha value is -2.25. The van der Waals surface area contributed by atoms with Crippen LogP contribution in [0.1, 0.15) is 49.9 Å². The third-order valence-corrected chi connectivity index (χ3v) is 4.80. The summed E-state index contributed by atoms with van der Waals surface area (Å²) in [5.74, 6) is 2.17. The summed E-state index contributed by atoms with van der Waals surface area (Å²) in [6, 6.07) is 7.62. The van der Waals surface area contributed by atoms with Crippen molar-refractivity contribution in [3.8, 4) is 0 Å². The Morgan fingerprint density at radius 1 is 1.11 bits per heavy atom. The van der Waals surface area contributed by atoms with Gasteiger partial charge in [0.2, 0.25) is 0 Å². The maximum absolute atomic E-state index is 10.2. The van der Waals surface area contributed by atoms with Crippen molar-refractivity contribution in [1.29, 1.82) is 0 Å². The first-order valence-corrected chi connectivity index (χ1v) is 9.79. The van der Waals surface area contributed by atoms with Crippen LogP contribution in [0.5, 0.6) is 0 Å². The van der Waals surface area contributed by atoms with Crippen molar-refractivity contribution in [2.24, 2.45) is 4.99 Å². The molecule has 0 radical (unpaired) electrons. The van der Waals surface area contributed by atoms with Gasteiger partial charge in [0, 0.05) is 6.54 Å². The van der Waals surface area contributed by atoms with Gasteiger partial charge in [0.25, 0.3) is 0 Å². The van der Waals surface area contributed by atoms with E-state index in [2.05, 4.69) is 15.5 Å². The lowest BCUT2D eigenvalue weighted by Crippen LogP contribution is -2.41. The van der Waals surface area contributed by atoms with E-state index in [1.54, 1.807) is 24.7 Å². The third-order valence-electron chi connectivity index (χ3n) is 4.80. The van der Waals surface area contributed by atoms with Gasteiger partial charge in [0.05, 0.1) is 31.7 Å². The van der Waals surface area contributed by atoms with Gasteiger partial charge in [-0.05, 0) is 57.1 Å². The van der Waals surface area contributed by atoms with Crippen molar-refractivity contribution >= 4 is 5.96 Å². The summed E-state index contributed by atoms with van der Waals surface area (Å²) in [7, 11) is 0. The molecule has 3 rings (SSSR count).